The maximum Gasteiger partial charge on any atom is 0.146 e. The number of anilines is 1. The minimum absolute atomic E-state index is 0.135. The Bertz CT molecular complexity index is 607. The summed E-state index contributed by atoms with van der Waals surface area (Å²) in [5.74, 6) is 0.771. The SMILES string of the molecule is CCN1CCN(c2cc(CNCc3ccco3)ccc2F)CC1. The monoisotopic (exact) mass is 317 g/mol. The van der Waals surface area contributed by atoms with Crippen LogP contribution in [0.4, 0.5) is 10.1 Å². The minimum atomic E-state index is -0.135. The summed E-state index contributed by atoms with van der Waals surface area (Å²) in [7, 11) is 0. The Labute approximate surface area is 136 Å². The average molecular weight is 317 g/mol. The Kier molecular flexibility index (Phi) is 5.31. The summed E-state index contributed by atoms with van der Waals surface area (Å²) in [6.07, 6.45) is 1.67. The molecule has 1 aliphatic rings. The van der Waals surface area contributed by atoms with Crippen LogP contribution in [-0.4, -0.2) is 37.6 Å². The van der Waals surface area contributed by atoms with Crippen LogP contribution >= 0.6 is 0 Å². The van der Waals surface area contributed by atoms with Crippen LogP contribution in [0.15, 0.2) is 41.0 Å². The van der Waals surface area contributed by atoms with E-state index in [9.17, 15) is 4.39 Å². The molecule has 0 saturated carbocycles. The number of rotatable bonds is 6. The maximum absolute atomic E-state index is 14.2. The first-order valence-electron chi connectivity index (χ1n) is 8.25. The highest BCUT2D eigenvalue weighted by atomic mass is 19.1. The molecule has 1 N–H and O–H groups in total. The molecule has 4 nitrogen and oxygen atoms in total. The van der Waals surface area contributed by atoms with Crippen molar-refractivity contribution >= 4 is 5.69 Å². The number of hydrogen-bond acceptors (Lipinski definition) is 4. The summed E-state index contributed by atoms with van der Waals surface area (Å²) < 4.78 is 19.5. The second kappa shape index (κ2) is 7.62. The predicted molar refractivity (Wildman–Crippen MR) is 90.0 cm³/mol. The highest BCUT2D eigenvalue weighted by molar-refractivity contribution is 5.50. The van der Waals surface area contributed by atoms with Crippen LogP contribution in [0.5, 0.6) is 0 Å². The summed E-state index contributed by atoms with van der Waals surface area (Å²) in [6.45, 7) is 8.36. The third kappa shape index (κ3) is 4.12. The van der Waals surface area contributed by atoms with E-state index in [1.54, 1.807) is 12.3 Å². The molecule has 1 aromatic heterocycles. The van der Waals surface area contributed by atoms with Gasteiger partial charge in [-0.05, 0) is 36.4 Å². The first-order valence-corrected chi connectivity index (χ1v) is 8.25. The van der Waals surface area contributed by atoms with Crippen LogP contribution in [0.1, 0.15) is 18.2 Å². The zero-order chi connectivity index (χ0) is 16.1. The van der Waals surface area contributed by atoms with E-state index < -0.39 is 0 Å². The van der Waals surface area contributed by atoms with E-state index in [1.165, 1.54) is 0 Å². The van der Waals surface area contributed by atoms with Crippen molar-refractivity contribution in [2.45, 2.75) is 20.0 Å². The van der Waals surface area contributed by atoms with Crippen molar-refractivity contribution in [2.24, 2.45) is 0 Å². The van der Waals surface area contributed by atoms with E-state index >= 15 is 0 Å². The molecule has 23 heavy (non-hydrogen) atoms. The van der Waals surface area contributed by atoms with Gasteiger partial charge in [0.1, 0.15) is 11.6 Å². The highest BCUT2D eigenvalue weighted by Gasteiger charge is 2.18. The van der Waals surface area contributed by atoms with Crippen molar-refractivity contribution < 1.29 is 8.81 Å². The maximum atomic E-state index is 14.2. The molecule has 2 heterocycles. The van der Waals surface area contributed by atoms with E-state index in [0.717, 1.165) is 49.7 Å². The fraction of sp³-hybridized carbons (Fsp3) is 0.444. The quantitative estimate of drug-likeness (QED) is 0.888. The van der Waals surface area contributed by atoms with E-state index in [-0.39, 0.29) is 5.82 Å². The number of hydrogen-bond donors (Lipinski definition) is 1. The summed E-state index contributed by atoms with van der Waals surface area (Å²) in [5.41, 5.74) is 1.81. The van der Waals surface area contributed by atoms with Crippen molar-refractivity contribution in [2.75, 3.05) is 37.6 Å². The largest absolute Gasteiger partial charge is 0.468 e. The van der Waals surface area contributed by atoms with Gasteiger partial charge in [-0.25, -0.2) is 4.39 Å². The van der Waals surface area contributed by atoms with Crippen LogP contribution in [-0.2, 0) is 13.1 Å². The van der Waals surface area contributed by atoms with Crippen LogP contribution in [0, 0.1) is 5.82 Å². The van der Waals surface area contributed by atoms with Crippen LogP contribution in [0.25, 0.3) is 0 Å². The third-order valence-corrected chi connectivity index (χ3v) is 4.38. The van der Waals surface area contributed by atoms with Crippen LogP contribution < -0.4 is 10.2 Å². The van der Waals surface area contributed by atoms with Crippen molar-refractivity contribution in [1.82, 2.24) is 10.2 Å². The van der Waals surface area contributed by atoms with Crippen LogP contribution in [0.3, 0.4) is 0 Å². The van der Waals surface area contributed by atoms with Crippen LogP contribution in [0.2, 0.25) is 0 Å². The fourth-order valence-electron chi connectivity index (χ4n) is 2.96. The van der Waals surface area contributed by atoms with Gasteiger partial charge in [-0.3, -0.25) is 0 Å². The third-order valence-electron chi connectivity index (χ3n) is 4.38. The van der Waals surface area contributed by atoms with E-state index in [2.05, 4.69) is 22.0 Å². The molecule has 5 heteroatoms. The Balaban J connectivity index is 1.60. The molecule has 1 fully saturated rings. The zero-order valence-electron chi connectivity index (χ0n) is 13.6. The van der Waals surface area contributed by atoms with Gasteiger partial charge in [0.05, 0.1) is 18.5 Å². The van der Waals surface area contributed by atoms with Gasteiger partial charge in [0.2, 0.25) is 0 Å². The lowest BCUT2D eigenvalue weighted by molar-refractivity contribution is 0.270. The van der Waals surface area contributed by atoms with Crippen molar-refractivity contribution in [1.29, 1.82) is 0 Å². The Morgan fingerprint density at radius 1 is 1.13 bits per heavy atom. The minimum Gasteiger partial charge on any atom is -0.468 e. The molecular weight excluding hydrogens is 293 g/mol. The van der Waals surface area contributed by atoms with Gasteiger partial charge in [-0.2, -0.15) is 0 Å². The average Bonchev–Trinajstić information content (AvgIpc) is 3.10. The van der Waals surface area contributed by atoms with Gasteiger partial charge in [0, 0.05) is 32.7 Å². The predicted octanol–water partition coefficient (Wildman–Crippen LogP) is 2.85. The number of nitrogens with one attached hydrogen (secondary N) is 1. The Hall–Kier alpha value is -1.85. The van der Waals surface area contributed by atoms with Gasteiger partial charge in [0.15, 0.2) is 0 Å². The lowest BCUT2D eigenvalue weighted by atomic mass is 10.1. The number of benzene rings is 1. The topological polar surface area (TPSA) is 31.6 Å². The molecule has 1 saturated heterocycles. The molecule has 0 unspecified atom stereocenters. The summed E-state index contributed by atoms with van der Waals surface area (Å²) in [5, 5.41) is 3.33. The smallest absolute Gasteiger partial charge is 0.146 e. The summed E-state index contributed by atoms with van der Waals surface area (Å²) in [6, 6.07) is 9.20. The molecule has 0 radical (unpaired) electrons. The molecule has 3 rings (SSSR count). The van der Waals surface area contributed by atoms with Gasteiger partial charge in [-0.1, -0.05) is 13.0 Å². The van der Waals surface area contributed by atoms with Crippen molar-refractivity contribution in [3.63, 3.8) is 0 Å². The molecule has 0 aliphatic carbocycles. The first kappa shape index (κ1) is 16.0. The number of likely N-dealkylation sites (N-methyl/N-ethyl adjacent to an activating group) is 1. The lowest BCUT2D eigenvalue weighted by Crippen LogP contribution is -2.46. The molecule has 0 spiro atoms. The van der Waals surface area contributed by atoms with Gasteiger partial charge >= 0.3 is 0 Å². The molecule has 0 amide bonds. The standard InChI is InChI=1S/C18H24FN3O/c1-2-21-7-9-22(10-8-21)18-12-15(5-6-17(18)19)13-20-14-16-4-3-11-23-16/h3-6,11-12,20H,2,7-10,13-14H2,1H3. The number of nitrogens with zero attached hydrogens (tertiary/aromatic N) is 2. The van der Waals surface area contributed by atoms with Gasteiger partial charge in [0.25, 0.3) is 0 Å². The fourth-order valence-corrected chi connectivity index (χ4v) is 2.96. The molecule has 1 aromatic carbocycles. The van der Waals surface area contributed by atoms with E-state index in [1.807, 2.05) is 24.3 Å². The van der Waals surface area contributed by atoms with E-state index in [4.69, 9.17) is 4.42 Å². The molecular formula is C18H24FN3O. The van der Waals surface area contributed by atoms with Gasteiger partial charge in [-0.15, -0.1) is 0 Å². The summed E-state index contributed by atoms with van der Waals surface area (Å²) in [4.78, 5) is 4.54. The highest BCUT2D eigenvalue weighted by Crippen LogP contribution is 2.22. The summed E-state index contributed by atoms with van der Waals surface area (Å²) >= 11 is 0. The Morgan fingerprint density at radius 2 is 1.96 bits per heavy atom. The van der Waals surface area contributed by atoms with E-state index in [0.29, 0.717) is 13.1 Å². The lowest BCUT2D eigenvalue weighted by Gasteiger charge is -2.35. The van der Waals surface area contributed by atoms with Crippen molar-refractivity contribution in [3.8, 4) is 0 Å². The molecule has 2 aromatic rings. The molecule has 124 valence electrons. The zero-order valence-corrected chi connectivity index (χ0v) is 13.6. The first-order chi connectivity index (χ1) is 11.3. The number of piperazine rings is 1. The molecule has 1 aliphatic heterocycles. The second-order valence-electron chi connectivity index (χ2n) is 5.89. The molecule has 0 atom stereocenters. The van der Waals surface area contributed by atoms with Gasteiger partial charge < -0.3 is 19.5 Å². The molecule has 0 bridgehead atoms. The normalized spacial score (nSPS) is 16.0. The van der Waals surface area contributed by atoms with Crippen molar-refractivity contribution in [3.05, 3.63) is 53.7 Å². The number of furan rings is 1. The number of halogens is 1. The Morgan fingerprint density at radius 3 is 2.65 bits per heavy atom. The second-order valence-corrected chi connectivity index (χ2v) is 5.89.